The first-order valence-corrected chi connectivity index (χ1v) is 19.1. The molecule has 4 heterocycles. The van der Waals surface area contributed by atoms with Crippen molar-refractivity contribution in [2.45, 2.75) is 50.3 Å². The number of phenolic OH excluding ortho intramolecular Hbond substituents is 1. The zero-order valence-corrected chi connectivity index (χ0v) is 30.7. The van der Waals surface area contributed by atoms with E-state index in [0.29, 0.717) is 75.1 Å². The molecule has 14 nitrogen and oxygen atoms in total. The van der Waals surface area contributed by atoms with Crippen LogP contribution in [0.5, 0.6) is 5.75 Å². The number of carbonyl (C=O) groups excluding carboxylic acids is 3. The van der Waals surface area contributed by atoms with E-state index in [9.17, 15) is 27.9 Å². The van der Waals surface area contributed by atoms with E-state index in [2.05, 4.69) is 26.1 Å². The number of hydrogen-bond acceptors (Lipinski definition) is 8. The van der Waals surface area contributed by atoms with Gasteiger partial charge in [-0.2, -0.15) is 17.0 Å². The first-order valence-electron chi connectivity index (χ1n) is 16.9. The normalized spacial score (nSPS) is 21.6. The summed E-state index contributed by atoms with van der Waals surface area (Å²) in [4.78, 5) is 47.9. The molecular formula is C33H43BBrN7O7S. The summed E-state index contributed by atoms with van der Waals surface area (Å²) in [5.74, 6) is -0.465. The first kappa shape index (κ1) is 36.4. The van der Waals surface area contributed by atoms with Crippen LogP contribution in [0.15, 0.2) is 40.9 Å². The van der Waals surface area contributed by atoms with Gasteiger partial charge < -0.3 is 29.9 Å². The number of fused-ring (bicyclic) bond motifs is 1. The molecule has 4 aliphatic rings. The minimum Gasteiger partial charge on any atom is -0.507 e. The van der Waals surface area contributed by atoms with Crippen LogP contribution < -0.4 is 10.8 Å². The lowest BCUT2D eigenvalue weighted by Gasteiger charge is -2.38. The van der Waals surface area contributed by atoms with E-state index in [-0.39, 0.29) is 48.3 Å². The average Bonchev–Trinajstić information content (AvgIpc) is 3.75. The molecule has 17 heteroatoms. The number of urea groups is 1. The van der Waals surface area contributed by atoms with Crippen LogP contribution in [-0.4, -0.2) is 152 Å². The molecule has 0 spiro atoms. The predicted octanol–water partition coefficient (Wildman–Crippen LogP) is 1.53. The van der Waals surface area contributed by atoms with Gasteiger partial charge in [0.15, 0.2) is 6.10 Å². The Balaban J connectivity index is 1.10. The lowest BCUT2D eigenvalue weighted by atomic mass is 9.91. The second-order valence-electron chi connectivity index (χ2n) is 13.5. The van der Waals surface area contributed by atoms with Crippen LogP contribution >= 0.6 is 15.9 Å². The molecule has 0 bridgehead atoms. The van der Waals surface area contributed by atoms with Gasteiger partial charge in [0.1, 0.15) is 13.6 Å². The second-order valence-corrected chi connectivity index (χ2v) is 16.5. The van der Waals surface area contributed by atoms with Gasteiger partial charge in [0.05, 0.1) is 11.1 Å². The Morgan fingerprint density at radius 1 is 1.04 bits per heavy atom. The maximum absolute atomic E-state index is 14.1. The molecule has 2 N–H and O–H groups in total. The van der Waals surface area contributed by atoms with Gasteiger partial charge in [0.2, 0.25) is 0 Å². The molecule has 2 aromatic carbocycles. The summed E-state index contributed by atoms with van der Waals surface area (Å²) in [6, 6.07) is 10.7. The van der Waals surface area contributed by atoms with Gasteiger partial charge in [-0.1, -0.05) is 29.7 Å². The maximum Gasteiger partial charge on any atom is 0.410 e. The molecule has 1 unspecified atom stereocenters. The number of para-hydroxylation sites is 1. The number of halogens is 1. The fourth-order valence-electron chi connectivity index (χ4n) is 7.23. The number of rotatable bonds is 8. The minimum atomic E-state index is -3.55. The predicted molar refractivity (Wildman–Crippen MR) is 192 cm³/mol. The number of amides is 4. The fraction of sp³-hybridized carbons (Fsp3) is 0.545. The number of hydrogen-bond donors (Lipinski definition) is 2. The number of piperidine rings is 1. The van der Waals surface area contributed by atoms with Crippen molar-refractivity contribution in [1.29, 1.82) is 0 Å². The lowest BCUT2D eigenvalue weighted by Crippen LogP contribution is -2.51. The molecule has 50 heavy (non-hydrogen) atoms. The van der Waals surface area contributed by atoms with Crippen molar-refractivity contribution in [3.05, 3.63) is 52.0 Å². The monoisotopic (exact) mass is 771 g/mol. The van der Waals surface area contributed by atoms with E-state index in [1.807, 2.05) is 29.2 Å². The van der Waals surface area contributed by atoms with Crippen LogP contribution in [0.25, 0.3) is 0 Å². The van der Waals surface area contributed by atoms with E-state index in [1.54, 1.807) is 21.9 Å². The third-order valence-electron chi connectivity index (χ3n) is 10.2. The Bertz CT molecular complexity index is 1700. The van der Waals surface area contributed by atoms with E-state index in [0.717, 1.165) is 17.7 Å². The second kappa shape index (κ2) is 15.1. The van der Waals surface area contributed by atoms with Crippen LogP contribution in [0.1, 0.15) is 30.4 Å². The fourth-order valence-corrected chi connectivity index (χ4v) is 8.82. The number of nitrogens with one attached hydrogen (secondary N) is 1. The Hall–Kier alpha value is -3.38. The number of anilines is 1. The van der Waals surface area contributed by atoms with Crippen LogP contribution in [-0.2, 0) is 32.6 Å². The molecule has 2 aromatic rings. The maximum atomic E-state index is 14.1. The zero-order chi connectivity index (χ0) is 35.7. The van der Waals surface area contributed by atoms with Crippen molar-refractivity contribution in [2.24, 2.45) is 0 Å². The van der Waals surface area contributed by atoms with E-state index >= 15 is 0 Å². The van der Waals surface area contributed by atoms with Crippen molar-refractivity contribution in [1.82, 2.24) is 28.2 Å². The van der Waals surface area contributed by atoms with E-state index in [4.69, 9.17) is 12.6 Å². The topological polar surface area (TPSA) is 146 Å². The van der Waals surface area contributed by atoms with Crippen LogP contribution in [0.2, 0.25) is 0 Å². The van der Waals surface area contributed by atoms with Gasteiger partial charge in [-0.25, -0.2) is 9.59 Å². The number of aromatic hydroxyl groups is 1. The molecule has 2 radical (unpaired) electrons. The summed E-state index contributed by atoms with van der Waals surface area (Å²) in [6.45, 7) is 3.29. The molecule has 0 saturated carbocycles. The molecule has 6 rings (SSSR count). The number of likely N-dealkylation sites (tertiary alicyclic amines) is 2. The minimum absolute atomic E-state index is 0.0400. The van der Waals surface area contributed by atoms with Gasteiger partial charge >= 0.3 is 12.1 Å². The molecule has 3 fully saturated rings. The average molecular weight is 773 g/mol. The van der Waals surface area contributed by atoms with Gasteiger partial charge in [0.25, 0.3) is 16.1 Å². The Labute approximate surface area is 303 Å². The van der Waals surface area contributed by atoms with Gasteiger partial charge in [-0.05, 0) is 64.9 Å². The molecule has 0 aromatic heterocycles. The van der Waals surface area contributed by atoms with Crippen LogP contribution in [0, 0.1) is 0 Å². The quantitative estimate of drug-likeness (QED) is 0.385. The lowest BCUT2D eigenvalue weighted by molar-refractivity contribution is -0.140. The summed E-state index contributed by atoms with van der Waals surface area (Å²) in [5, 5.41) is 13.2. The molecule has 268 valence electrons. The molecule has 2 atom stereocenters. The van der Waals surface area contributed by atoms with Crippen molar-refractivity contribution in [3.8, 4) is 5.75 Å². The number of benzene rings is 2. The number of nitrogens with zero attached hydrogens (tertiary/aromatic N) is 6. The third kappa shape index (κ3) is 7.76. The SMILES string of the molecule is [B]c1cc(C[C@@H](OC(=O)N2CCC(N3CCc4ccccc4NC3=O)CC2)C(=O)N2CCC(N3CCN(S(=O)(=O)N(C)C)C3)C2)cc(Br)c1O. The van der Waals surface area contributed by atoms with Crippen molar-refractivity contribution in [3.63, 3.8) is 0 Å². The van der Waals surface area contributed by atoms with E-state index < -0.39 is 22.4 Å². The highest BCUT2D eigenvalue weighted by molar-refractivity contribution is 9.10. The van der Waals surface area contributed by atoms with Gasteiger partial charge in [-0.3, -0.25) is 9.69 Å². The number of phenols is 1. The van der Waals surface area contributed by atoms with Gasteiger partial charge in [-0.15, -0.1) is 0 Å². The standard InChI is InChI=1S/C33H43BBrN7O7S/c1-37(2)50(47,48)41-16-15-40(21-41)25-10-13-39(20-25)31(44)29(19-22-17-26(34)30(43)27(35)18-22)49-33(46)38-11-8-24(9-12-38)42-14-7-23-5-3-4-6-28(23)36-32(42)45/h3-6,17-18,24-25,29,43H,7-16,19-21H2,1-2H3,(H,36,45)/t25?,29-/m1/s1. The van der Waals surface area contributed by atoms with Crippen molar-refractivity contribution >= 4 is 63.2 Å². The largest absolute Gasteiger partial charge is 0.507 e. The summed E-state index contributed by atoms with van der Waals surface area (Å²) in [5.41, 5.74) is 2.64. The van der Waals surface area contributed by atoms with E-state index in [1.165, 1.54) is 22.7 Å². The number of ether oxygens (including phenoxy) is 1. The van der Waals surface area contributed by atoms with Crippen LogP contribution in [0.3, 0.4) is 0 Å². The Morgan fingerprint density at radius 2 is 1.74 bits per heavy atom. The Morgan fingerprint density at radius 3 is 2.46 bits per heavy atom. The highest BCUT2D eigenvalue weighted by atomic mass is 79.9. The highest BCUT2D eigenvalue weighted by Gasteiger charge is 2.40. The molecular weight excluding hydrogens is 729 g/mol. The summed E-state index contributed by atoms with van der Waals surface area (Å²) in [6.07, 6.45) is 0.809. The first-order chi connectivity index (χ1) is 23.8. The van der Waals surface area contributed by atoms with Gasteiger partial charge in [0, 0.05) is 84.1 Å². The van der Waals surface area contributed by atoms with Crippen molar-refractivity contribution < 1.29 is 32.6 Å². The third-order valence-corrected chi connectivity index (χ3v) is 12.6. The Kier molecular flexibility index (Phi) is 11.0. The molecule has 4 amide bonds. The summed E-state index contributed by atoms with van der Waals surface area (Å²) in [7, 11) is 5.46. The highest BCUT2D eigenvalue weighted by Crippen LogP contribution is 2.28. The zero-order valence-electron chi connectivity index (χ0n) is 28.3. The van der Waals surface area contributed by atoms with Crippen LogP contribution in [0.4, 0.5) is 15.3 Å². The van der Waals surface area contributed by atoms with Crippen molar-refractivity contribution in [2.75, 3.05) is 71.9 Å². The summed E-state index contributed by atoms with van der Waals surface area (Å²) < 4.78 is 34.3. The summed E-state index contributed by atoms with van der Waals surface area (Å²) >= 11 is 3.30. The smallest absolute Gasteiger partial charge is 0.410 e. The molecule has 4 aliphatic heterocycles. The molecule has 3 saturated heterocycles. The number of carbonyl (C=O) groups is 3. The molecule has 0 aliphatic carbocycles.